The first-order valence-electron chi connectivity index (χ1n) is 5.07. The summed E-state index contributed by atoms with van der Waals surface area (Å²) in [7, 11) is 1.54. The van der Waals surface area contributed by atoms with Crippen LogP contribution in [0.15, 0.2) is 30.5 Å². The van der Waals surface area contributed by atoms with Crippen molar-refractivity contribution in [3.05, 3.63) is 30.5 Å². The number of aromatic nitrogens is 2. The summed E-state index contributed by atoms with van der Waals surface area (Å²) in [5.41, 5.74) is 11.4. The van der Waals surface area contributed by atoms with Crippen molar-refractivity contribution in [3.63, 3.8) is 0 Å². The summed E-state index contributed by atoms with van der Waals surface area (Å²) in [4.78, 5) is 10.7. The quantitative estimate of drug-likeness (QED) is 0.840. The predicted molar refractivity (Wildman–Crippen MR) is 64.7 cm³/mol. The molecule has 0 bridgehead atoms. The highest BCUT2D eigenvalue weighted by Crippen LogP contribution is 2.28. The number of rotatable bonds is 3. The van der Waals surface area contributed by atoms with Crippen molar-refractivity contribution in [2.45, 2.75) is 0 Å². The van der Waals surface area contributed by atoms with Crippen molar-refractivity contribution in [2.75, 3.05) is 12.8 Å². The van der Waals surface area contributed by atoms with E-state index in [0.717, 1.165) is 0 Å². The van der Waals surface area contributed by atoms with Gasteiger partial charge < -0.3 is 20.9 Å². The fourth-order valence-corrected chi connectivity index (χ4v) is 1.53. The summed E-state index contributed by atoms with van der Waals surface area (Å²) in [6.45, 7) is 0. The molecule has 0 aliphatic carbocycles. The maximum Gasteiger partial charge on any atom is 0.410 e. The van der Waals surface area contributed by atoms with Crippen LogP contribution >= 0.6 is 0 Å². The molecule has 7 heteroatoms. The van der Waals surface area contributed by atoms with Crippen LogP contribution in [0.1, 0.15) is 0 Å². The molecule has 1 aromatic carbocycles. The normalized spacial score (nSPS) is 10.1. The molecule has 0 saturated carbocycles. The Kier molecular flexibility index (Phi) is 3.05. The van der Waals surface area contributed by atoms with Crippen LogP contribution in [0.25, 0.3) is 5.69 Å². The van der Waals surface area contributed by atoms with Gasteiger partial charge in [-0.25, -0.2) is 9.48 Å². The van der Waals surface area contributed by atoms with E-state index in [1.165, 1.54) is 10.9 Å². The van der Waals surface area contributed by atoms with Crippen LogP contribution in [0.4, 0.5) is 10.6 Å². The number of hydrogen-bond acceptors (Lipinski definition) is 5. The number of primary amides is 1. The fraction of sp³-hybridized carbons (Fsp3) is 0.0909. The number of nitrogens with two attached hydrogens (primary N) is 2. The van der Waals surface area contributed by atoms with Gasteiger partial charge in [0.25, 0.3) is 0 Å². The minimum absolute atomic E-state index is 0.105. The number of para-hydroxylation sites is 2. The lowest BCUT2D eigenvalue weighted by molar-refractivity contribution is 0.211. The molecule has 1 heterocycles. The van der Waals surface area contributed by atoms with Crippen LogP contribution in [0.3, 0.4) is 0 Å². The van der Waals surface area contributed by atoms with E-state index in [1.54, 1.807) is 19.2 Å². The van der Waals surface area contributed by atoms with Crippen molar-refractivity contribution < 1.29 is 14.3 Å². The van der Waals surface area contributed by atoms with Crippen LogP contribution in [0, 0.1) is 0 Å². The molecule has 0 radical (unpaired) electrons. The maximum absolute atomic E-state index is 10.7. The molecule has 2 rings (SSSR count). The molecular formula is C11H12N4O3. The maximum atomic E-state index is 10.7. The van der Waals surface area contributed by atoms with Gasteiger partial charge in [0.05, 0.1) is 13.3 Å². The second-order valence-electron chi connectivity index (χ2n) is 3.40. The molecule has 1 amide bonds. The van der Waals surface area contributed by atoms with E-state index in [2.05, 4.69) is 5.10 Å². The molecule has 1 aromatic heterocycles. The summed E-state index contributed by atoms with van der Waals surface area (Å²) >= 11 is 0. The Hall–Kier alpha value is -2.70. The number of methoxy groups -OCH3 is 1. The molecule has 18 heavy (non-hydrogen) atoms. The van der Waals surface area contributed by atoms with E-state index >= 15 is 0 Å². The van der Waals surface area contributed by atoms with E-state index in [4.69, 9.17) is 20.9 Å². The van der Waals surface area contributed by atoms with Crippen molar-refractivity contribution in [1.29, 1.82) is 0 Å². The van der Waals surface area contributed by atoms with Crippen molar-refractivity contribution in [1.82, 2.24) is 9.78 Å². The van der Waals surface area contributed by atoms with Gasteiger partial charge in [-0.05, 0) is 12.1 Å². The SMILES string of the molecule is COc1ccccc1-n1ncc(OC(N)=O)c1N. The number of benzene rings is 1. The van der Waals surface area contributed by atoms with Gasteiger partial charge >= 0.3 is 6.09 Å². The van der Waals surface area contributed by atoms with Gasteiger partial charge in [-0.1, -0.05) is 12.1 Å². The average Bonchev–Trinajstić information content (AvgIpc) is 2.70. The molecule has 0 saturated heterocycles. The molecule has 94 valence electrons. The van der Waals surface area contributed by atoms with Crippen LogP contribution in [-0.4, -0.2) is 23.0 Å². The zero-order chi connectivity index (χ0) is 13.1. The Balaban J connectivity index is 2.45. The van der Waals surface area contributed by atoms with E-state index in [-0.39, 0.29) is 11.6 Å². The highest BCUT2D eigenvalue weighted by Gasteiger charge is 2.14. The molecular weight excluding hydrogens is 236 g/mol. The van der Waals surface area contributed by atoms with Gasteiger partial charge in [0.15, 0.2) is 11.6 Å². The minimum Gasteiger partial charge on any atom is -0.494 e. The smallest absolute Gasteiger partial charge is 0.410 e. The van der Waals surface area contributed by atoms with Crippen molar-refractivity contribution in [2.24, 2.45) is 5.73 Å². The van der Waals surface area contributed by atoms with Crippen LogP contribution < -0.4 is 20.9 Å². The number of amides is 1. The zero-order valence-electron chi connectivity index (χ0n) is 9.66. The second-order valence-corrected chi connectivity index (χ2v) is 3.40. The number of nitrogen functional groups attached to an aromatic ring is 1. The predicted octanol–water partition coefficient (Wildman–Crippen LogP) is 0.921. The Morgan fingerprint density at radius 1 is 1.33 bits per heavy atom. The Bertz CT molecular complexity index is 579. The molecule has 0 aliphatic rings. The minimum atomic E-state index is -0.943. The molecule has 2 aromatic rings. The first-order chi connectivity index (χ1) is 8.63. The molecule has 0 atom stereocenters. The van der Waals surface area contributed by atoms with Gasteiger partial charge in [-0.2, -0.15) is 5.10 Å². The molecule has 0 aliphatic heterocycles. The highest BCUT2D eigenvalue weighted by molar-refractivity contribution is 5.70. The number of nitrogens with zero attached hydrogens (tertiary/aromatic N) is 2. The monoisotopic (exact) mass is 248 g/mol. The van der Waals surface area contributed by atoms with E-state index in [1.807, 2.05) is 12.1 Å². The van der Waals surface area contributed by atoms with Crippen molar-refractivity contribution >= 4 is 11.9 Å². The third kappa shape index (κ3) is 2.05. The number of carbonyl (C=O) groups excluding carboxylic acids is 1. The van der Waals surface area contributed by atoms with Crippen LogP contribution in [-0.2, 0) is 0 Å². The van der Waals surface area contributed by atoms with Gasteiger partial charge in [-0.3, -0.25) is 0 Å². The summed E-state index contributed by atoms with van der Waals surface area (Å²) < 4.78 is 11.3. The van der Waals surface area contributed by atoms with E-state index < -0.39 is 6.09 Å². The largest absolute Gasteiger partial charge is 0.494 e. The Morgan fingerprint density at radius 2 is 2.06 bits per heavy atom. The third-order valence-electron chi connectivity index (χ3n) is 2.30. The molecule has 4 N–H and O–H groups in total. The lowest BCUT2D eigenvalue weighted by Gasteiger charge is -2.09. The number of carbonyl (C=O) groups is 1. The number of ether oxygens (including phenoxy) is 2. The summed E-state index contributed by atoms with van der Waals surface area (Å²) in [6, 6.07) is 7.18. The van der Waals surface area contributed by atoms with Crippen LogP contribution in [0.2, 0.25) is 0 Å². The lowest BCUT2D eigenvalue weighted by atomic mass is 10.3. The zero-order valence-corrected chi connectivity index (χ0v) is 9.66. The standard InChI is InChI=1S/C11H12N4O3/c1-17-8-5-3-2-4-7(8)15-10(12)9(6-14-15)18-11(13)16/h2-6H,12H2,1H3,(H2,13,16). The van der Waals surface area contributed by atoms with E-state index in [0.29, 0.717) is 11.4 Å². The first-order valence-corrected chi connectivity index (χ1v) is 5.07. The molecule has 7 nitrogen and oxygen atoms in total. The van der Waals surface area contributed by atoms with Gasteiger partial charge in [0, 0.05) is 0 Å². The number of hydrogen-bond donors (Lipinski definition) is 2. The molecule has 0 fully saturated rings. The summed E-state index contributed by atoms with van der Waals surface area (Å²) in [6.07, 6.45) is 0.369. The lowest BCUT2D eigenvalue weighted by Crippen LogP contribution is -2.16. The average molecular weight is 248 g/mol. The Labute approximate surface area is 103 Å². The summed E-state index contributed by atoms with van der Waals surface area (Å²) in [5.74, 6) is 0.865. The molecule has 0 spiro atoms. The first kappa shape index (κ1) is 11.8. The van der Waals surface area contributed by atoms with Crippen LogP contribution in [0.5, 0.6) is 11.5 Å². The second kappa shape index (κ2) is 4.66. The molecule has 0 unspecified atom stereocenters. The topological polar surface area (TPSA) is 105 Å². The van der Waals surface area contributed by atoms with E-state index in [9.17, 15) is 4.79 Å². The summed E-state index contributed by atoms with van der Waals surface area (Å²) in [5, 5.41) is 4.03. The van der Waals surface area contributed by atoms with Crippen molar-refractivity contribution in [3.8, 4) is 17.2 Å². The van der Waals surface area contributed by atoms with Gasteiger partial charge in [0.2, 0.25) is 0 Å². The highest BCUT2D eigenvalue weighted by atomic mass is 16.5. The third-order valence-corrected chi connectivity index (χ3v) is 2.30. The fourth-order valence-electron chi connectivity index (χ4n) is 1.53. The van der Waals surface area contributed by atoms with Gasteiger partial charge in [-0.15, -0.1) is 0 Å². The Morgan fingerprint density at radius 3 is 2.72 bits per heavy atom. The van der Waals surface area contributed by atoms with Gasteiger partial charge in [0.1, 0.15) is 11.4 Å². The number of anilines is 1.